The average molecular weight is 1780 g/mol. The third-order valence-electron chi connectivity index (χ3n) is 12.3. The number of nitrogens with two attached hydrogens (primary N) is 4. The van der Waals surface area contributed by atoms with E-state index in [0.29, 0.717) is 45.4 Å². The number of fused-ring (bicyclic) bond motifs is 2. The second-order valence-corrected chi connectivity index (χ2v) is 31.5. The van der Waals surface area contributed by atoms with Crippen molar-refractivity contribution < 1.29 is 352 Å². The molecule has 109 heavy (non-hydrogen) atoms. The van der Waals surface area contributed by atoms with E-state index in [0.717, 1.165) is 48.5 Å². The summed E-state index contributed by atoms with van der Waals surface area (Å²) in [6.07, 6.45) is 0. The molecule has 0 bridgehead atoms. The fourth-order valence-electron chi connectivity index (χ4n) is 7.90. The van der Waals surface area contributed by atoms with Crippen LogP contribution in [0.4, 0.5) is 56.9 Å². The van der Waals surface area contributed by atoms with E-state index in [1.54, 1.807) is 18.2 Å². The molecule has 0 radical (unpaired) electrons. The maximum absolute atomic E-state index is 12.3. The molecular formula is C50H43N10Na7O32S10. The van der Waals surface area contributed by atoms with Crippen LogP contribution in [0.3, 0.4) is 0 Å². The molecule has 0 aliphatic heterocycles. The number of anilines is 4. The Hall–Kier alpha value is -0.740. The zero-order valence-electron chi connectivity index (χ0n) is 57.1. The van der Waals surface area contributed by atoms with Gasteiger partial charge < -0.3 is 67.8 Å². The predicted molar refractivity (Wildman–Crippen MR) is 342 cm³/mol. The van der Waals surface area contributed by atoms with Gasteiger partial charge in [0.1, 0.15) is 48.8 Å². The van der Waals surface area contributed by atoms with Crippen LogP contribution < -0.4 is 251 Å². The standard InChI is InChI=1S/C18H17N3O13S4.C18H17N3O10S3.C14H16N4O9S3.7Na/c19-17-16-10(7-12(9-14(16)22)35-34-33-23)8-15(37(26,27)28)18(17)21-20-11-1-3-13(4-2-11)36(24,25)6-5-32-38(29,30)31;19-16-6-5-14-15(9-12(10-17(14)22)32-30-28-23)18(16)21-20-11-1-3-13(4-2-11)34(25,26)8-7-27-33-31-29-24;15-11-7-12(16)14(30(22,23)24)8-13(11)18-17-9-1-3-10(4-2-9)29(20,21)6-5-25-28-27-26-19;;;;;;;/h1-4,7-9,22-23H,5-6,19H2,(H,26,27,28)(H,29,30,31);1-6,9-10,22-24H,7-8,19H2;1-4,7-8,19H,5-6,15-16H2,(H,22,23,24);;;;;;;/q;;;7*+1/p-7. The second kappa shape index (κ2) is 52.2. The van der Waals surface area contributed by atoms with Crippen LogP contribution in [0.1, 0.15) is 0 Å². The second-order valence-electron chi connectivity index (χ2n) is 18.8. The number of azo groups is 3. The van der Waals surface area contributed by atoms with Gasteiger partial charge >= 0.3 is 207 Å². The summed E-state index contributed by atoms with van der Waals surface area (Å²) in [5.41, 5.74) is 22.8. The Balaban J connectivity index is 0. The van der Waals surface area contributed by atoms with E-state index in [2.05, 4.69) is 76.5 Å². The fourth-order valence-corrected chi connectivity index (χ4v) is 14.3. The molecule has 0 heterocycles. The molecule has 0 aliphatic carbocycles. The SMILES string of the molecule is Nc1c(N=Nc2ccc(S(=O)(=O)CCOS(=O)(=O)[O-])cc2)c(S(=O)(=O)[O-])cc2cc(SOO[O-])cc(O)c12.Nc1cc(N)c(S(=O)(=O)[O-])cc1N=Nc1ccc(S(=O)(=O)CCOSOO[O-])cc1.Nc1ccc2c(O)cc(SOO[O-])cc2c1N=Nc1ccc(S(=O)(=O)CCOSOO[O-])cc1.[Na+].[Na+].[Na+].[Na+].[Na+].[Na+].[Na+]. The molecule has 0 aromatic heterocycles. The maximum atomic E-state index is 12.3. The number of rotatable bonds is 33. The van der Waals surface area contributed by atoms with Gasteiger partial charge in [0.05, 0.1) is 125 Å². The zero-order chi connectivity index (χ0) is 75.2. The number of benzene rings is 8. The summed E-state index contributed by atoms with van der Waals surface area (Å²) in [5.74, 6) is -2.15. The van der Waals surface area contributed by atoms with Crippen molar-refractivity contribution in [2.24, 2.45) is 30.7 Å². The fraction of sp³-hybridized carbons (Fsp3) is 0.120. The summed E-state index contributed by atoms with van der Waals surface area (Å²) in [4.78, 5) is -1.39. The van der Waals surface area contributed by atoms with Gasteiger partial charge in [-0.1, -0.05) is 0 Å². The topological polar surface area (TPSA) is 686 Å². The number of hydrogen-bond acceptors (Lipinski definition) is 46. The first-order valence-corrected chi connectivity index (χ1v) is 38.3. The Kier molecular flexibility index (Phi) is 52.9. The summed E-state index contributed by atoms with van der Waals surface area (Å²) in [7, 11) is -26.5. The van der Waals surface area contributed by atoms with Crippen LogP contribution in [-0.4, -0.2) is 111 Å². The molecule has 8 aromatic rings. The quantitative estimate of drug-likeness (QED) is 0.00256. The van der Waals surface area contributed by atoms with Gasteiger partial charge in [0, 0.05) is 25.9 Å². The van der Waals surface area contributed by atoms with Crippen molar-refractivity contribution in [3.05, 3.63) is 127 Å². The van der Waals surface area contributed by atoms with E-state index in [1.807, 2.05) is 0 Å². The molecule has 8 aromatic carbocycles. The monoisotopic (exact) mass is 1780 g/mol. The molecule has 8 rings (SSSR count). The Morgan fingerprint density at radius 3 is 1.22 bits per heavy atom. The van der Waals surface area contributed by atoms with Gasteiger partial charge in [-0.15, -0.1) is 24.0 Å². The summed E-state index contributed by atoms with van der Waals surface area (Å²) >= 11 is 1.40. The van der Waals surface area contributed by atoms with Gasteiger partial charge in [-0.25, -0.2) is 50.5 Å². The molecule has 59 heteroatoms. The number of phenols is 2. The Bertz CT molecular complexity index is 5120. The first-order valence-electron chi connectivity index (χ1n) is 26.4. The van der Waals surface area contributed by atoms with E-state index in [1.165, 1.54) is 60.7 Å². The van der Waals surface area contributed by atoms with Crippen molar-refractivity contribution in [3.63, 3.8) is 0 Å². The van der Waals surface area contributed by atoms with E-state index < -0.39 is 105 Å². The molecule has 0 unspecified atom stereocenters. The van der Waals surface area contributed by atoms with Crippen molar-refractivity contribution in [3.8, 4) is 11.5 Å². The number of phenolic OH excluding ortho intramolecular Hbond substituents is 2. The smallest absolute Gasteiger partial charge is 0.744 e. The number of hydrogen-bond donors (Lipinski definition) is 6. The van der Waals surface area contributed by atoms with Crippen molar-refractivity contribution in [1.29, 1.82) is 0 Å². The molecule has 0 saturated carbocycles. The van der Waals surface area contributed by atoms with Gasteiger partial charge in [-0.05, 0) is 133 Å². The zero-order valence-corrected chi connectivity index (χ0v) is 79.2. The van der Waals surface area contributed by atoms with Gasteiger partial charge in [0.15, 0.2) is 54.2 Å². The van der Waals surface area contributed by atoms with Crippen LogP contribution in [0.15, 0.2) is 192 Å². The van der Waals surface area contributed by atoms with Gasteiger partial charge in [0.2, 0.25) is 10.4 Å². The summed E-state index contributed by atoms with van der Waals surface area (Å²) in [6, 6.07) is 26.6. The first kappa shape index (κ1) is 110. The van der Waals surface area contributed by atoms with E-state index >= 15 is 0 Å². The molecule has 0 spiro atoms. The first-order chi connectivity index (χ1) is 48.0. The van der Waals surface area contributed by atoms with Crippen LogP contribution in [0.5, 0.6) is 11.5 Å². The minimum Gasteiger partial charge on any atom is -0.744 e. The largest absolute Gasteiger partial charge is 1.00 e. The van der Waals surface area contributed by atoms with Gasteiger partial charge in [-0.3, -0.25) is 32.7 Å². The summed E-state index contributed by atoms with van der Waals surface area (Å²) in [6.45, 7) is -1.40. The predicted octanol–water partition coefficient (Wildman–Crippen LogP) is -16.9. The molecule has 0 saturated heterocycles. The van der Waals surface area contributed by atoms with Crippen LogP contribution in [0, 0.1) is 0 Å². The third kappa shape index (κ3) is 35.4. The van der Waals surface area contributed by atoms with Crippen molar-refractivity contribution in [1.82, 2.24) is 0 Å². The van der Waals surface area contributed by atoms with Crippen LogP contribution >= 0.6 is 48.7 Å². The molecule has 0 fully saturated rings. The summed E-state index contributed by atoms with van der Waals surface area (Å²) < 4.78 is 204. The molecule has 10 N–H and O–H groups in total. The van der Waals surface area contributed by atoms with E-state index in [4.69, 9.17) is 27.1 Å². The van der Waals surface area contributed by atoms with Crippen LogP contribution in [0.2, 0.25) is 0 Å². The van der Waals surface area contributed by atoms with Crippen molar-refractivity contribution >= 4 is 187 Å². The third-order valence-corrected chi connectivity index (χ3v) is 21.5. The molecule has 42 nitrogen and oxygen atoms in total. The Morgan fingerprint density at radius 1 is 0.394 bits per heavy atom. The molecule has 0 atom stereocenters. The minimum atomic E-state index is -5.17. The molecule has 0 amide bonds. The number of aromatic hydroxyl groups is 2. The average Bonchev–Trinajstić information content (AvgIpc) is 0.759. The van der Waals surface area contributed by atoms with E-state index in [9.17, 15) is 95.4 Å². The van der Waals surface area contributed by atoms with Gasteiger partial charge in [0.25, 0.3) is 0 Å². The Labute approximate surface area is 791 Å². The maximum Gasteiger partial charge on any atom is 1.00 e. The number of nitrogen functional groups attached to an aromatic ring is 4. The van der Waals surface area contributed by atoms with Gasteiger partial charge in [-0.2, -0.15) is 24.0 Å². The Morgan fingerprint density at radius 2 is 0.798 bits per heavy atom. The van der Waals surface area contributed by atoms with E-state index in [-0.39, 0.29) is 326 Å². The van der Waals surface area contributed by atoms with Crippen molar-refractivity contribution in [2.75, 3.05) is 60.0 Å². The van der Waals surface area contributed by atoms with Crippen LogP contribution in [0.25, 0.3) is 21.5 Å². The molecule has 552 valence electrons. The number of nitrogens with zero attached hydrogens (tertiary/aromatic N) is 6. The molecular weight excluding hydrogens is 1730 g/mol. The minimum absolute atomic E-state index is 0. The van der Waals surface area contributed by atoms with Crippen molar-refractivity contribution in [2.45, 2.75) is 34.3 Å². The normalized spacial score (nSPS) is 11.7. The molecule has 0 aliphatic rings. The summed E-state index contributed by atoms with van der Waals surface area (Å²) in [5, 5.41) is 96.7. The van der Waals surface area contributed by atoms with Crippen LogP contribution in [-0.2, 0) is 110 Å². The number of sulfone groups is 3.